The van der Waals surface area contributed by atoms with Crippen molar-refractivity contribution in [3.63, 3.8) is 0 Å². The first-order valence-corrected chi connectivity index (χ1v) is 9.53. The Kier molecular flexibility index (Phi) is 4.14. The molecular weight excluding hydrogens is 376 g/mol. The fraction of sp³-hybridized carbons (Fsp3) is 0.444. The fourth-order valence-corrected chi connectivity index (χ4v) is 3.57. The molecule has 4 heterocycles. The Balaban J connectivity index is 1.24. The fourth-order valence-electron chi connectivity index (χ4n) is 3.57. The third-order valence-electron chi connectivity index (χ3n) is 5.30. The highest BCUT2D eigenvalue weighted by atomic mass is 16.6. The molecule has 3 aromatic rings. The van der Waals surface area contributed by atoms with Gasteiger partial charge in [0.15, 0.2) is 11.3 Å². The normalized spacial score (nSPS) is 19.0. The second-order valence-electron chi connectivity index (χ2n) is 7.55. The summed E-state index contributed by atoms with van der Waals surface area (Å²) >= 11 is 0. The minimum atomic E-state index is -0.375. The average molecular weight is 396 g/mol. The van der Waals surface area contributed by atoms with Crippen LogP contribution in [0.2, 0.25) is 0 Å². The molecule has 0 spiro atoms. The molecule has 2 aliphatic rings. The third-order valence-corrected chi connectivity index (χ3v) is 5.30. The largest absolute Gasteiger partial charge is 0.345 e. The molecule has 0 bridgehead atoms. The number of carbonyl (C=O) groups excluding carboxylic acids is 2. The van der Waals surface area contributed by atoms with E-state index in [2.05, 4.69) is 35.7 Å². The van der Waals surface area contributed by atoms with Crippen LogP contribution < -0.4 is 10.6 Å². The van der Waals surface area contributed by atoms with Crippen molar-refractivity contribution in [1.29, 1.82) is 0 Å². The Morgan fingerprint density at radius 2 is 2.24 bits per heavy atom. The summed E-state index contributed by atoms with van der Waals surface area (Å²) < 4.78 is 6.19. The highest BCUT2D eigenvalue weighted by Crippen LogP contribution is 2.34. The van der Waals surface area contributed by atoms with Crippen LogP contribution >= 0.6 is 0 Å². The van der Waals surface area contributed by atoms with Crippen LogP contribution in [0.15, 0.2) is 23.1 Å². The monoisotopic (exact) mass is 396 g/mol. The van der Waals surface area contributed by atoms with Gasteiger partial charge >= 0.3 is 6.03 Å². The van der Waals surface area contributed by atoms with Crippen molar-refractivity contribution >= 4 is 17.6 Å². The average Bonchev–Trinajstić information content (AvgIpc) is 3.17. The van der Waals surface area contributed by atoms with Gasteiger partial charge in [-0.05, 0) is 42.5 Å². The second-order valence-corrected chi connectivity index (χ2v) is 7.55. The standard InChI is InChI=1S/C18H20N8O3/c1-10-16(24-29-23-10)17(27)19-6-13-8-26-15(21-13)4-11(5-20-26)7-25-9-14(12-2-3-12)22-18(25)28/h4-5,8,12,14H,2-3,6-7,9H2,1H3,(H,19,27)(H,22,28). The maximum absolute atomic E-state index is 12.2. The molecule has 29 heavy (non-hydrogen) atoms. The number of hydrogen-bond donors (Lipinski definition) is 2. The van der Waals surface area contributed by atoms with Gasteiger partial charge in [-0.25, -0.2) is 18.9 Å². The predicted octanol–water partition coefficient (Wildman–Crippen LogP) is 0.655. The summed E-state index contributed by atoms with van der Waals surface area (Å²) in [6, 6.07) is 2.15. The van der Waals surface area contributed by atoms with Gasteiger partial charge in [0.05, 0.1) is 30.7 Å². The molecule has 11 heteroatoms. The number of nitrogens with one attached hydrogen (secondary N) is 2. The molecule has 5 rings (SSSR count). The molecule has 3 amide bonds. The maximum atomic E-state index is 12.2. The van der Waals surface area contributed by atoms with E-state index < -0.39 is 0 Å². The SMILES string of the molecule is Cc1nonc1C(=O)NCc1cn2ncc(CN3CC(C4CC4)NC3=O)cc2n1. The number of hydrogen-bond acceptors (Lipinski definition) is 7. The van der Waals surface area contributed by atoms with Gasteiger partial charge in [-0.1, -0.05) is 5.16 Å². The molecular formula is C18H20N8O3. The second kappa shape index (κ2) is 6.83. The number of aryl methyl sites for hydroxylation is 1. The lowest BCUT2D eigenvalue weighted by atomic mass is 10.2. The predicted molar refractivity (Wildman–Crippen MR) is 98.6 cm³/mol. The molecule has 1 atom stereocenters. The molecule has 1 unspecified atom stereocenters. The molecule has 1 saturated heterocycles. The molecule has 0 aromatic carbocycles. The Hall–Kier alpha value is -3.50. The number of fused-ring (bicyclic) bond motifs is 1. The van der Waals surface area contributed by atoms with E-state index in [1.54, 1.807) is 23.8 Å². The maximum Gasteiger partial charge on any atom is 0.318 e. The summed E-state index contributed by atoms with van der Waals surface area (Å²) in [5, 5.41) is 17.3. The van der Waals surface area contributed by atoms with Crippen molar-refractivity contribution in [1.82, 2.24) is 40.4 Å². The van der Waals surface area contributed by atoms with E-state index >= 15 is 0 Å². The third kappa shape index (κ3) is 3.50. The van der Waals surface area contributed by atoms with E-state index in [0.717, 1.165) is 12.1 Å². The molecule has 1 saturated carbocycles. The Morgan fingerprint density at radius 1 is 1.38 bits per heavy atom. The molecule has 1 aliphatic heterocycles. The Labute approximate surface area is 165 Å². The van der Waals surface area contributed by atoms with Gasteiger partial charge in [0, 0.05) is 13.1 Å². The molecule has 2 fully saturated rings. The van der Waals surface area contributed by atoms with Gasteiger partial charge in [0.1, 0.15) is 5.69 Å². The van der Waals surface area contributed by atoms with Crippen molar-refractivity contribution < 1.29 is 14.2 Å². The Morgan fingerprint density at radius 3 is 3.00 bits per heavy atom. The number of amides is 3. The molecule has 2 N–H and O–H groups in total. The number of carbonyl (C=O) groups is 2. The van der Waals surface area contributed by atoms with E-state index in [9.17, 15) is 9.59 Å². The van der Waals surface area contributed by atoms with Crippen LogP contribution in [0.5, 0.6) is 0 Å². The highest BCUT2D eigenvalue weighted by molar-refractivity contribution is 5.92. The molecule has 0 radical (unpaired) electrons. The van der Waals surface area contributed by atoms with Gasteiger partial charge < -0.3 is 15.5 Å². The Bertz CT molecular complexity index is 1090. The summed E-state index contributed by atoms with van der Waals surface area (Å²) in [5.41, 5.74) is 2.81. The minimum Gasteiger partial charge on any atom is -0.345 e. The lowest BCUT2D eigenvalue weighted by molar-refractivity contribution is 0.0940. The van der Waals surface area contributed by atoms with E-state index in [0.29, 0.717) is 29.5 Å². The molecule has 150 valence electrons. The first kappa shape index (κ1) is 17.6. The van der Waals surface area contributed by atoms with Crippen molar-refractivity contribution in [2.45, 2.75) is 38.9 Å². The van der Waals surface area contributed by atoms with Gasteiger partial charge in [-0.2, -0.15) is 5.10 Å². The van der Waals surface area contributed by atoms with Crippen molar-refractivity contribution in [3.05, 3.63) is 41.1 Å². The number of nitrogens with zero attached hydrogens (tertiary/aromatic N) is 6. The topological polar surface area (TPSA) is 131 Å². The number of aromatic nitrogens is 5. The summed E-state index contributed by atoms with van der Waals surface area (Å²) in [4.78, 5) is 30.6. The van der Waals surface area contributed by atoms with Gasteiger partial charge in [0.2, 0.25) is 0 Å². The van der Waals surface area contributed by atoms with Crippen LogP contribution in [-0.2, 0) is 13.1 Å². The zero-order valence-corrected chi connectivity index (χ0v) is 15.8. The van der Waals surface area contributed by atoms with Crippen LogP contribution in [0.3, 0.4) is 0 Å². The van der Waals surface area contributed by atoms with Crippen LogP contribution in [0.4, 0.5) is 4.79 Å². The number of imidazole rings is 1. The van der Waals surface area contributed by atoms with E-state index in [-0.39, 0.29) is 30.2 Å². The van der Waals surface area contributed by atoms with Crippen LogP contribution in [-0.4, -0.2) is 54.3 Å². The van der Waals surface area contributed by atoms with Gasteiger partial charge in [0.25, 0.3) is 5.91 Å². The van der Waals surface area contributed by atoms with Gasteiger partial charge in [-0.15, -0.1) is 0 Å². The molecule has 1 aliphatic carbocycles. The summed E-state index contributed by atoms with van der Waals surface area (Å²) in [6.07, 6.45) is 5.89. The number of urea groups is 1. The number of rotatable bonds is 6. The lowest BCUT2D eigenvalue weighted by Crippen LogP contribution is -2.29. The zero-order valence-electron chi connectivity index (χ0n) is 15.8. The van der Waals surface area contributed by atoms with E-state index in [4.69, 9.17) is 0 Å². The first-order chi connectivity index (χ1) is 14.1. The summed E-state index contributed by atoms with van der Waals surface area (Å²) in [6.45, 7) is 3.10. The summed E-state index contributed by atoms with van der Waals surface area (Å²) in [7, 11) is 0. The minimum absolute atomic E-state index is 0.0221. The zero-order chi connectivity index (χ0) is 20.0. The molecule has 11 nitrogen and oxygen atoms in total. The van der Waals surface area contributed by atoms with Gasteiger partial charge in [-0.3, -0.25) is 4.79 Å². The van der Waals surface area contributed by atoms with E-state index in [1.807, 2.05) is 11.0 Å². The van der Waals surface area contributed by atoms with Crippen molar-refractivity contribution in [2.24, 2.45) is 5.92 Å². The van der Waals surface area contributed by atoms with Crippen LogP contribution in [0.1, 0.15) is 40.3 Å². The van der Waals surface area contributed by atoms with Crippen LogP contribution in [0.25, 0.3) is 5.65 Å². The smallest absolute Gasteiger partial charge is 0.318 e. The highest BCUT2D eigenvalue weighted by Gasteiger charge is 2.39. The quantitative estimate of drug-likeness (QED) is 0.626. The first-order valence-electron chi connectivity index (χ1n) is 9.53. The van der Waals surface area contributed by atoms with Crippen molar-refractivity contribution in [2.75, 3.05) is 6.54 Å². The van der Waals surface area contributed by atoms with Crippen LogP contribution in [0, 0.1) is 12.8 Å². The molecule has 3 aromatic heterocycles. The summed E-state index contributed by atoms with van der Waals surface area (Å²) in [5.74, 6) is 0.256. The lowest BCUT2D eigenvalue weighted by Gasteiger charge is -2.14. The van der Waals surface area contributed by atoms with Crippen molar-refractivity contribution in [3.8, 4) is 0 Å². The van der Waals surface area contributed by atoms with E-state index in [1.165, 1.54) is 12.8 Å².